The number of hydrogen-bond donors (Lipinski definition) is 2. The van der Waals surface area contributed by atoms with Crippen LogP contribution in [-0.4, -0.2) is 38.5 Å². The summed E-state index contributed by atoms with van der Waals surface area (Å²) >= 11 is 1.26. The molecule has 0 saturated heterocycles. The van der Waals surface area contributed by atoms with Crippen LogP contribution in [0.4, 0.5) is 4.79 Å². The summed E-state index contributed by atoms with van der Waals surface area (Å²) in [5, 5.41) is 14.2. The number of aryl methyl sites for hydroxylation is 1. The Morgan fingerprint density at radius 3 is 2.58 bits per heavy atom. The fourth-order valence-corrected chi connectivity index (χ4v) is 3.69. The van der Waals surface area contributed by atoms with Crippen LogP contribution >= 0.6 is 11.8 Å². The maximum absolute atomic E-state index is 12.0. The summed E-state index contributed by atoms with van der Waals surface area (Å²) in [4.78, 5) is 23.8. The van der Waals surface area contributed by atoms with Gasteiger partial charge in [0.15, 0.2) is 11.0 Å². The molecule has 8 heteroatoms. The second kappa shape index (κ2) is 8.35. The molecule has 1 aliphatic rings. The first-order valence-corrected chi connectivity index (χ1v) is 9.71. The van der Waals surface area contributed by atoms with Crippen LogP contribution in [0.2, 0.25) is 0 Å². The number of carbonyl (C=O) groups is 2. The molecule has 1 aromatic heterocycles. The summed E-state index contributed by atoms with van der Waals surface area (Å²) < 4.78 is 1.85. The zero-order valence-electron chi connectivity index (χ0n) is 15.0. The zero-order chi connectivity index (χ0) is 18.5. The van der Waals surface area contributed by atoms with Crippen molar-refractivity contribution in [2.45, 2.75) is 43.8 Å². The first kappa shape index (κ1) is 18.4. The molecule has 0 radical (unpaired) electrons. The van der Waals surface area contributed by atoms with Gasteiger partial charge in [-0.25, -0.2) is 4.79 Å². The Kier molecular flexibility index (Phi) is 5.92. The van der Waals surface area contributed by atoms with Crippen LogP contribution in [0.3, 0.4) is 0 Å². The number of imide groups is 1. The maximum Gasteiger partial charge on any atom is 0.321 e. The smallest absolute Gasteiger partial charge is 0.321 e. The van der Waals surface area contributed by atoms with Crippen LogP contribution in [0.15, 0.2) is 29.4 Å². The van der Waals surface area contributed by atoms with Crippen molar-refractivity contribution in [3.05, 3.63) is 29.8 Å². The van der Waals surface area contributed by atoms with Gasteiger partial charge in [0.05, 0.1) is 5.75 Å². The van der Waals surface area contributed by atoms with E-state index in [-0.39, 0.29) is 17.7 Å². The van der Waals surface area contributed by atoms with E-state index in [4.69, 9.17) is 0 Å². The fraction of sp³-hybridized carbons (Fsp3) is 0.444. The van der Waals surface area contributed by atoms with Crippen molar-refractivity contribution < 1.29 is 9.59 Å². The van der Waals surface area contributed by atoms with E-state index in [1.165, 1.54) is 17.3 Å². The Morgan fingerprint density at radius 1 is 1.19 bits per heavy atom. The predicted octanol–water partition coefficient (Wildman–Crippen LogP) is 2.65. The number of benzene rings is 1. The van der Waals surface area contributed by atoms with Crippen molar-refractivity contribution >= 4 is 23.7 Å². The molecule has 1 heterocycles. The lowest BCUT2D eigenvalue weighted by Gasteiger charge is -2.12. The van der Waals surface area contributed by atoms with Crippen LogP contribution in [0.25, 0.3) is 11.4 Å². The van der Waals surface area contributed by atoms with Crippen LogP contribution in [0.1, 0.15) is 31.2 Å². The molecule has 2 aromatic rings. The van der Waals surface area contributed by atoms with Crippen molar-refractivity contribution in [2.24, 2.45) is 7.05 Å². The number of nitrogens with one attached hydrogen (secondary N) is 2. The van der Waals surface area contributed by atoms with Crippen molar-refractivity contribution in [3.63, 3.8) is 0 Å². The van der Waals surface area contributed by atoms with Gasteiger partial charge >= 0.3 is 6.03 Å². The molecule has 1 aliphatic carbocycles. The Balaban J connectivity index is 1.52. The minimum atomic E-state index is -0.416. The second-order valence-corrected chi connectivity index (χ2v) is 7.47. The van der Waals surface area contributed by atoms with Gasteiger partial charge in [-0.3, -0.25) is 10.1 Å². The molecule has 3 rings (SSSR count). The number of amides is 3. The predicted molar refractivity (Wildman–Crippen MR) is 101 cm³/mol. The van der Waals surface area contributed by atoms with Gasteiger partial charge in [0.25, 0.3) is 0 Å². The highest BCUT2D eigenvalue weighted by Crippen LogP contribution is 2.22. The van der Waals surface area contributed by atoms with Gasteiger partial charge in [0, 0.05) is 18.7 Å². The Morgan fingerprint density at radius 2 is 1.88 bits per heavy atom. The largest absolute Gasteiger partial charge is 0.335 e. The molecular weight excluding hydrogens is 350 g/mol. The molecule has 26 heavy (non-hydrogen) atoms. The lowest BCUT2D eigenvalue weighted by molar-refractivity contribution is -0.117. The minimum absolute atomic E-state index is 0.109. The minimum Gasteiger partial charge on any atom is -0.335 e. The summed E-state index contributed by atoms with van der Waals surface area (Å²) in [6, 6.07) is 7.80. The monoisotopic (exact) mass is 373 g/mol. The van der Waals surface area contributed by atoms with E-state index in [9.17, 15) is 9.59 Å². The lowest BCUT2D eigenvalue weighted by atomic mass is 10.1. The summed E-state index contributed by atoms with van der Waals surface area (Å²) in [5.41, 5.74) is 2.15. The summed E-state index contributed by atoms with van der Waals surface area (Å²) in [7, 11) is 1.86. The number of aromatic nitrogens is 3. The van der Waals surface area contributed by atoms with E-state index in [1.54, 1.807) is 0 Å². The number of thioether (sulfide) groups is 1. The van der Waals surface area contributed by atoms with Crippen LogP contribution < -0.4 is 10.6 Å². The van der Waals surface area contributed by atoms with Crippen LogP contribution in [-0.2, 0) is 11.8 Å². The molecule has 0 atom stereocenters. The van der Waals surface area contributed by atoms with E-state index >= 15 is 0 Å². The quantitative estimate of drug-likeness (QED) is 0.787. The summed E-state index contributed by atoms with van der Waals surface area (Å²) in [5.74, 6) is 0.509. The molecule has 0 unspecified atom stereocenters. The first-order valence-electron chi connectivity index (χ1n) is 8.72. The number of carbonyl (C=O) groups excluding carboxylic acids is 2. The van der Waals surface area contributed by atoms with Gasteiger partial charge in [0.2, 0.25) is 5.91 Å². The van der Waals surface area contributed by atoms with E-state index in [1.807, 2.05) is 42.8 Å². The molecule has 0 bridgehead atoms. The summed E-state index contributed by atoms with van der Waals surface area (Å²) in [6.07, 6.45) is 4.22. The van der Waals surface area contributed by atoms with E-state index in [2.05, 4.69) is 20.8 Å². The highest BCUT2D eigenvalue weighted by atomic mass is 32.2. The molecule has 1 saturated carbocycles. The number of hydrogen-bond acceptors (Lipinski definition) is 5. The van der Waals surface area contributed by atoms with E-state index in [0.29, 0.717) is 5.16 Å². The number of rotatable bonds is 5. The normalized spacial score (nSPS) is 14.4. The van der Waals surface area contributed by atoms with Crippen LogP contribution in [0.5, 0.6) is 0 Å². The molecule has 3 amide bonds. The number of urea groups is 1. The second-order valence-electron chi connectivity index (χ2n) is 6.52. The van der Waals surface area contributed by atoms with Gasteiger partial charge < -0.3 is 9.88 Å². The summed E-state index contributed by atoms with van der Waals surface area (Å²) in [6.45, 7) is 2.03. The van der Waals surface area contributed by atoms with Gasteiger partial charge in [0.1, 0.15) is 0 Å². The molecule has 138 valence electrons. The molecule has 2 N–H and O–H groups in total. The average molecular weight is 373 g/mol. The van der Waals surface area contributed by atoms with Gasteiger partial charge in [-0.2, -0.15) is 0 Å². The van der Waals surface area contributed by atoms with E-state index < -0.39 is 6.03 Å². The van der Waals surface area contributed by atoms with Gasteiger partial charge in [-0.15, -0.1) is 10.2 Å². The van der Waals surface area contributed by atoms with E-state index in [0.717, 1.165) is 37.1 Å². The Hall–Kier alpha value is -2.35. The molecule has 1 aromatic carbocycles. The molecule has 0 spiro atoms. The fourth-order valence-electron chi connectivity index (χ4n) is 2.98. The van der Waals surface area contributed by atoms with Crippen molar-refractivity contribution in [1.29, 1.82) is 0 Å². The Bertz CT molecular complexity index is 781. The van der Waals surface area contributed by atoms with Gasteiger partial charge in [-0.1, -0.05) is 54.4 Å². The van der Waals surface area contributed by atoms with Crippen LogP contribution in [0, 0.1) is 6.92 Å². The first-order chi connectivity index (χ1) is 12.5. The lowest BCUT2D eigenvalue weighted by Crippen LogP contribution is -2.44. The van der Waals surface area contributed by atoms with Gasteiger partial charge in [-0.05, 0) is 19.8 Å². The average Bonchev–Trinajstić information content (AvgIpc) is 3.24. The third-order valence-corrected chi connectivity index (χ3v) is 5.44. The Labute approximate surface area is 157 Å². The number of nitrogens with zero attached hydrogens (tertiary/aromatic N) is 3. The third-order valence-electron chi connectivity index (χ3n) is 4.42. The highest BCUT2D eigenvalue weighted by Gasteiger charge is 2.19. The molecule has 7 nitrogen and oxygen atoms in total. The van der Waals surface area contributed by atoms with Crippen molar-refractivity contribution in [2.75, 3.05) is 5.75 Å². The molecule has 1 fully saturated rings. The maximum atomic E-state index is 12.0. The van der Waals surface area contributed by atoms with Crippen molar-refractivity contribution in [1.82, 2.24) is 25.4 Å². The SMILES string of the molecule is Cc1ccc(-c2nnc(SCC(=O)NC(=O)NC3CCCC3)n2C)cc1. The zero-order valence-corrected chi connectivity index (χ0v) is 15.8. The molecule has 0 aliphatic heterocycles. The van der Waals surface area contributed by atoms with Crippen molar-refractivity contribution in [3.8, 4) is 11.4 Å². The molecular formula is C18H23N5O2S. The standard InChI is InChI=1S/C18H23N5O2S/c1-12-7-9-13(10-8-12)16-21-22-18(23(16)2)26-11-15(24)20-17(25)19-14-5-3-4-6-14/h7-10,14H,3-6,11H2,1-2H3,(H2,19,20,24,25). The highest BCUT2D eigenvalue weighted by molar-refractivity contribution is 7.99. The topological polar surface area (TPSA) is 88.9 Å². The third kappa shape index (κ3) is 4.63.